The molecule has 7 heteroatoms. The maximum absolute atomic E-state index is 5.16. The van der Waals surface area contributed by atoms with Crippen molar-refractivity contribution in [2.24, 2.45) is 0 Å². The molecule has 0 saturated carbocycles. The molecule has 0 amide bonds. The van der Waals surface area contributed by atoms with Crippen molar-refractivity contribution >= 4 is 33.2 Å². The minimum atomic E-state index is 0.508. The van der Waals surface area contributed by atoms with Crippen LogP contribution in [0.15, 0.2) is 41.3 Å². The predicted molar refractivity (Wildman–Crippen MR) is 74.8 cm³/mol. The number of rotatable bonds is 3. The van der Waals surface area contributed by atoms with Gasteiger partial charge in [0, 0.05) is 11.8 Å². The highest BCUT2D eigenvalue weighted by Gasteiger charge is 2.05. The summed E-state index contributed by atoms with van der Waals surface area (Å²) >= 11 is 3.29. The van der Waals surface area contributed by atoms with Crippen LogP contribution in [0.1, 0.15) is 0 Å². The third kappa shape index (κ3) is 2.50. The Balaban J connectivity index is 1.92. The fourth-order valence-electron chi connectivity index (χ4n) is 1.65. The fourth-order valence-corrected chi connectivity index (χ4v) is 1.95. The summed E-state index contributed by atoms with van der Waals surface area (Å²) in [6.07, 6.45) is 3.40. The first-order valence-electron chi connectivity index (χ1n) is 5.53. The molecule has 2 aromatic heterocycles. The zero-order valence-electron chi connectivity index (χ0n) is 10.0. The molecule has 0 aliphatic rings. The molecule has 0 radical (unpaired) electrons. The highest BCUT2D eigenvalue weighted by molar-refractivity contribution is 9.10. The van der Waals surface area contributed by atoms with E-state index in [4.69, 9.17) is 4.74 Å². The lowest BCUT2D eigenvalue weighted by Gasteiger charge is -2.03. The van der Waals surface area contributed by atoms with Crippen LogP contribution < -0.4 is 10.1 Å². The van der Waals surface area contributed by atoms with Crippen LogP contribution in [0.2, 0.25) is 0 Å². The SMILES string of the molecule is COc1cccc(Nc2nc3cnc(Br)cn3n2)c1. The summed E-state index contributed by atoms with van der Waals surface area (Å²) in [4.78, 5) is 8.42. The monoisotopic (exact) mass is 319 g/mol. The van der Waals surface area contributed by atoms with Gasteiger partial charge in [0.15, 0.2) is 5.65 Å². The smallest absolute Gasteiger partial charge is 0.247 e. The second-order valence-corrected chi connectivity index (χ2v) is 4.62. The standard InChI is InChI=1S/C12H10BrN5O/c1-19-9-4-2-3-8(5-9)15-12-16-11-6-14-10(13)7-18(11)17-12/h2-7H,1H3,(H,15,17). The molecule has 0 unspecified atom stereocenters. The number of hydrogen-bond donors (Lipinski definition) is 1. The molecule has 96 valence electrons. The van der Waals surface area contributed by atoms with E-state index in [1.54, 1.807) is 24.0 Å². The minimum absolute atomic E-state index is 0.508. The van der Waals surface area contributed by atoms with E-state index >= 15 is 0 Å². The summed E-state index contributed by atoms with van der Waals surface area (Å²) in [6, 6.07) is 7.57. The van der Waals surface area contributed by atoms with Crippen LogP contribution in [0.5, 0.6) is 5.75 Å². The maximum atomic E-state index is 5.16. The Bertz CT molecular complexity index is 727. The van der Waals surface area contributed by atoms with Gasteiger partial charge in [-0.1, -0.05) is 6.07 Å². The average molecular weight is 320 g/mol. The van der Waals surface area contributed by atoms with Crippen molar-refractivity contribution in [3.05, 3.63) is 41.3 Å². The van der Waals surface area contributed by atoms with E-state index in [-0.39, 0.29) is 0 Å². The molecule has 19 heavy (non-hydrogen) atoms. The summed E-state index contributed by atoms with van der Waals surface area (Å²) < 4.78 is 7.52. The molecule has 1 aromatic carbocycles. The second-order valence-electron chi connectivity index (χ2n) is 3.81. The molecule has 1 N–H and O–H groups in total. The van der Waals surface area contributed by atoms with Gasteiger partial charge < -0.3 is 10.1 Å². The molecule has 0 saturated heterocycles. The quantitative estimate of drug-likeness (QED) is 0.804. The van der Waals surface area contributed by atoms with Gasteiger partial charge in [-0.25, -0.2) is 9.50 Å². The van der Waals surface area contributed by atoms with Gasteiger partial charge in [0.2, 0.25) is 5.95 Å². The van der Waals surface area contributed by atoms with Crippen LogP contribution in [-0.2, 0) is 0 Å². The third-order valence-corrected chi connectivity index (χ3v) is 2.93. The number of hydrogen-bond acceptors (Lipinski definition) is 5. The average Bonchev–Trinajstić information content (AvgIpc) is 2.80. The molecule has 0 atom stereocenters. The normalized spacial score (nSPS) is 10.6. The summed E-state index contributed by atoms with van der Waals surface area (Å²) in [5, 5.41) is 7.43. The third-order valence-electron chi connectivity index (χ3n) is 2.52. The lowest BCUT2D eigenvalue weighted by Crippen LogP contribution is -1.94. The first-order valence-corrected chi connectivity index (χ1v) is 6.33. The van der Waals surface area contributed by atoms with Gasteiger partial charge in [-0.05, 0) is 28.1 Å². The number of anilines is 2. The van der Waals surface area contributed by atoms with Crippen molar-refractivity contribution in [2.75, 3.05) is 12.4 Å². The van der Waals surface area contributed by atoms with Crippen molar-refractivity contribution in [3.63, 3.8) is 0 Å². The summed E-state index contributed by atoms with van der Waals surface area (Å²) in [7, 11) is 1.63. The molecule has 6 nitrogen and oxygen atoms in total. The largest absolute Gasteiger partial charge is 0.497 e. The van der Waals surface area contributed by atoms with E-state index in [0.29, 0.717) is 16.2 Å². The first kappa shape index (κ1) is 11.9. The molecule has 0 fully saturated rings. The van der Waals surface area contributed by atoms with Crippen molar-refractivity contribution in [1.82, 2.24) is 19.6 Å². The Labute approximate surface area is 117 Å². The van der Waals surface area contributed by atoms with E-state index in [9.17, 15) is 0 Å². The zero-order valence-corrected chi connectivity index (χ0v) is 11.6. The van der Waals surface area contributed by atoms with Gasteiger partial charge in [0.25, 0.3) is 0 Å². The Hall–Kier alpha value is -2.15. The molecule has 3 aromatic rings. The van der Waals surface area contributed by atoms with Gasteiger partial charge in [0.1, 0.15) is 10.4 Å². The predicted octanol–water partition coefficient (Wildman–Crippen LogP) is 2.64. The van der Waals surface area contributed by atoms with Crippen LogP contribution in [-0.4, -0.2) is 26.7 Å². The Morgan fingerprint density at radius 2 is 2.26 bits per heavy atom. The number of methoxy groups -OCH3 is 1. The Morgan fingerprint density at radius 3 is 3.11 bits per heavy atom. The maximum Gasteiger partial charge on any atom is 0.247 e. The second kappa shape index (κ2) is 4.85. The zero-order chi connectivity index (χ0) is 13.2. The van der Waals surface area contributed by atoms with Gasteiger partial charge in [0.05, 0.1) is 19.5 Å². The van der Waals surface area contributed by atoms with Gasteiger partial charge in [-0.3, -0.25) is 0 Å². The van der Waals surface area contributed by atoms with E-state index in [1.807, 2.05) is 24.3 Å². The van der Waals surface area contributed by atoms with Gasteiger partial charge >= 0.3 is 0 Å². The summed E-state index contributed by atoms with van der Waals surface area (Å²) in [5.41, 5.74) is 1.54. The highest BCUT2D eigenvalue weighted by Crippen LogP contribution is 2.20. The highest BCUT2D eigenvalue weighted by atomic mass is 79.9. The van der Waals surface area contributed by atoms with Crippen molar-refractivity contribution in [1.29, 1.82) is 0 Å². The number of fused-ring (bicyclic) bond motifs is 1. The fraction of sp³-hybridized carbons (Fsp3) is 0.0833. The molecule has 0 bridgehead atoms. The summed E-state index contributed by atoms with van der Waals surface area (Å²) in [5.74, 6) is 1.28. The molecular formula is C12H10BrN5O. The number of aromatic nitrogens is 4. The minimum Gasteiger partial charge on any atom is -0.497 e. The van der Waals surface area contributed by atoms with E-state index in [2.05, 4.69) is 36.3 Å². The van der Waals surface area contributed by atoms with Crippen LogP contribution in [0.25, 0.3) is 5.65 Å². The molecule has 0 aliphatic heterocycles. The van der Waals surface area contributed by atoms with Crippen molar-refractivity contribution in [3.8, 4) is 5.75 Å². The number of benzene rings is 1. The number of nitrogens with zero attached hydrogens (tertiary/aromatic N) is 4. The number of halogens is 1. The molecule has 3 rings (SSSR count). The molecular weight excluding hydrogens is 310 g/mol. The lowest BCUT2D eigenvalue weighted by atomic mass is 10.3. The van der Waals surface area contributed by atoms with E-state index in [1.165, 1.54) is 0 Å². The Morgan fingerprint density at radius 1 is 1.37 bits per heavy atom. The van der Waals surface area contributed by atoms with Crippen LogP contribution in [0.3, 0.4) is 0 Å². The lowest BCUT2D eigenvalue weighted by molar-refractivity contribution is 0.415. The van der Waals surface area contributed by atoms with Crippen LogP contribution in [0, 0.1) is 0 Å². The molecule has 0 spiro atoms. The summed E-state index contributed by atoms with van der Waals surface area (Å²) in [6.45, 7) is 0. The number of nitrogens with one attached hydrogen (secondary N) is 1. The Kier molecular flexibility index (Phi) is 3.04. The molecule has 2 heterocycles. The van der Waals surface area contributed by atoms with Gasteiger partial charge in [-0.2, -0.15) is 4.98 Å². The topological polar surface area (TPSA) is 64.3 Å². The molecule has 0 aliphatic carbocycles. The van der Waals surface area contributed by atoms with E-state index in [0.717, 1.165) is 11.4 Å². The van der Waals surface area contributed by atoms with Crippen LogP contribution in [0.4, 0.5) is 11.6 Å². The van der Waals surface area contributed by atoms with Crippen LogP contribution >= 0.6 is 15.9 Å². The van der Waals surface area contributed by atoms with Gasteiger partial charge in [-0.15, -0.1) is 5.10 Å². The first-order chi connectivity index (χ1) is 9.24. The van der Waals surface area contributed by atoms with E-state index < -0.39 is 0 Å². The van der Waals surface area contributed by atoms with Crippen molar-refractivity contribution in [2.45, 2.75) is 0 Å². The number of ether oxygens (including phenoxy) is 1. The van der Waals surface area contributed by atoms with Crippen molar-refractivity contribution < 1.29 is 4.74 Å².